The number of aromatic nitrogens is 6. The average molecular weight is 495 g/mol. The number of imidazole rings is 1. The lowest BCUT2D eigenvalue weighted by molar-refractivity contribution is 0.479. The van der Waals surface area contributed by atoms with E-state index in [2.05, 4.69) is 35.6 Å². The molecule has 0 spiro atoms. The van der Waals surface area contributed by atoms with E-state index in [4.69, 9.17) is 10.1 Å². The zero-order valence-electron chi connectivity index (χ0n) is 20.9. The first kappa shape index (κ1) is 23.7. The smallest absolute Gasteiger partial charge is 0.230 e. The van der Waals surface area contributed by atoms with Crippen LogP contribution in [0.3, 0.4) is 0 Å². The van der Waals surface area contributed by atoms with Crippen molar-refractivity contribution in [2.24, 2.45) is 7.05 Å². The first-order chi connectivity index (χ1) is 18.0. The van der Waals surface area contributed by atoms with Gasteiger partial charge in [0.15, 0.2) is 5.82 Å². The normalized spacial score (nSPS) is 11.5. The molecular weight excluding hydrogens is 468 g/mol. The van der Waals surface area contributed by atoms with Gasteiger partial charge in [-0.15, -0.1) is 0 Å². The largest absolute Gasteiger partial charge is 0.457 e. The highest BCUT2D eigenvalue weighted by Crippen LogP contribution is 2.31. The molecule has 5 aromatic rings. The van der Waals surface area contributed by atoms with E-state index in [-0.39, 0.29) is 0 Å². The first-order valence-electron chi connectivity index (χ1n) is 11.5. The Morgan fingerprint density at radius 2 is 1.95 bits per heavy atom. The van der Waals surface area contributed by atoms with Crippen molar-refractivity contribution in [1.82, 2.24) is 34.8 Å². The molecule has 0 bridgehead atoms. The Balaban J connectivity index is 1.40. The predicted molar refractivity (Wildman–Crippen MR) is 145 cm³/mol. The Morgan fingerprint density at radius 1 is 1.08 bits per heavy atom. The summed E-state index contributed by atoms with van der Waals surface area (Å²) in [6.07, 6.45) is 7.82. The Morgan fingerprint density at radius 3 is 2.73 bits per heavy atom. The minimum atomic E-state index is 0.417. The first-order valence-corrected chi connectivity index (χ1v) is 11.5. The second-order valence-corrected chi connectivity index (χ2v) is 8.40. The van der Waals surface area contributed by atoms with E-state index in [0.717, 1.165) is 33.8 Å². The van der Waals surface area contributed by atoms with Crippen molar-refractivity contribution >= 4 is 45.7 Å². The van der Waals surface area contributed by atoms with E-state index in [1.807, 2.05) is 54.9 Å². The van der Waals surface area contributed by atoms with Crippen LogP contribution in [0.5, 0.6) is 11.5 Å². The minimum Gasteiger partial charge on any atom is -0.457 e. The van der Waals surface area contributed by atoms with Crippen LogP contribution < -0.4 is 20.3 Å². The van der Waals surface area contributed by atoms with Gasteiger partial charge in [0.05, 0.1) is 29.3 Å². The van der Waals surface area contributed by atoms with Crippen LogP contribution in [0.15, 0.2) is 67.1 Å². The van der Waals surface area contributed by atoms with Gasteiger partial charge in [-0.25, -0.2) is 24.9 Å². The molecule has 0 unspecified atom stereocenters. The highest BCUT2D eigenvalue weighted by Gasteiger charge is 2.13. The summed E-state index contributed by atoms with van der Waals surface area (Å²) in [5.41, 5.74) is 5.47. The fourth-order valence-electron chi connectivity index (χ4n) is 3.88. The number of benzene rings is 2. The second-order valence-electron chi connectivity index (χ2n) is 8.40. The van der Waals surface area contributed by atoms with Crippen LogP contribution >= 0.6 is 0 Å². The van der Waals surface area contributed by atoms with E-state index in [1.165, 1.54) is 12.5 Å². The summed E-state index contributed by atoms with van der Waals surface area (Å²) in [5.74, 6) is 2.43. The van der Waals surface area contributed by atoms with Gasteiger partial charge in [-0.3, -0.25) is 0 Å². The fraction of sp³-hybridized carbons (Fsp3) is 0.154. The monoisotopic (exact) mass is 494 g/mol. The average Bonchev–Trinajstić information content (AvgIpc) is 3.28. The number of nitrogens with zero attached hydrogens (tertiary/aromatic N) is 7. The van der Waals surface area contributed by atoms with Gasteiger partial charge < -0.3 is 30.2 Å². The Bertz CT molecular complexity index is 1640. The van der Waals surface area contributed by atoms with Gasteiger partial charge in [-0.1, -0.05) is 0 Å². The van der Waals surface area contributed by atoms with Crippen LogP contribution in [0, 0.1) is 12.3 Å². The number of hydrogen-bond donors (Lipinski definition) is 3. The number of anilines is 3. The molecule has 0 saturated heterocycles. The number of aryl methyl sites for hydroxylation is 2. The topological polar surface area (TPSA) is 130 Å². The predicted octanol–water partition coefficient (Wildman–Crippen LogP) is 4.30. The molecular formula is C26H26N10O. The second kappa shape index (κ2) is 9.90. The van der Waals surface area contributed by atoms with Gasteiger partial charge in [-0.05, 0) is 42.8 Å². The molecule has 0 radical (unpaired) electrons. The number of fused-ring (bicyclic) bond motifs is 2. The molecule has 3 heterocycles. The Hall–Kier alpha value is -5.06. The van der Waals surface area contributed by atoms with Crippen molar-refractivity contribution in [3.8, 4) is 11.5 Å². The third-order valence-corrected chi connectivity index (χ3v) is 5.85. The number of allylic oxidation sites excluding steroid dienone is 1. The van der Waals surface area contributed by atoms with Crippen LogP contribution in [-0.2, 0) is 7.05 Å². The van der Waals surface area contributed by atoms with Gasteiger partial charge in [0, 0.05) is 45.3 Å². The quantitative estimate of drug-likeness (QED) is 0.270. The lowest BCUT2D eigenvalue weighted by atomic mass is 10.2. The van der Waals surface area contributed by atoms with Crippen molar-refractivity contribution in [2.45, 2.75) is 6.92 Å². The molecule has 2 aromatic carbocycles. The third-order valence-electron chi connectivity index (χ3n) is 5.85. The van der Waals surface area contributed by atoms with Crippen molar-refractivity contribution in [2.75, 3.05) is 24.3 Å². The molecule has 0 atom stereocenters. The van der Waals surface area contributed by atoms with Crippen LogP contribution in [0.4, 0.5) is 17.5 Å². The van der Waals surface area contributed by atoms with E-state index >= 15 is 0 Å². The molecule has 0 aliphatic rings. The van der Waals surface area contributed by atoms with Crippen LogP contribution in [0.1, 0.15) is 5.56 Å². The zero-order chi connectivity index (χ0) is 25.9. The van der Waals surface area contributed by atoms with E-state index in [0.29, 0.717) is 28.5 Å². The van der Waals surface area contributed by atoms with Crippen molar-refractivity contribution in [1.29, 1.82) is 5.41 Å². The number of hydrogen-bond acceptors (Lipinski definition) is 10. The molecule has 0 saturated carbocycles. The van der Waals surface area contributed by atoms with Gasteiger partial charge in [-0.2, -0.15) is 0 Å². The summed E-state index contributed by atoms with van der Waals surface area (Å²) < 4.78 is 8.11. The summed E-state index contributed by atoms with van der Waals surface area (Å²) in [6.45, 7) is 1.99. The fourth-order valence-corrected chi connectivity index (χ4v) is 3.88. The summed E-state index contributed by atoms with van der Waals surface area (Å²) in [7, 11) is 5.53. The van der Waals surface area contributed by atoms with Crippen LogP contribution in [-0.4, -0.2) is 49.8 Å². The maximum absolute atomic E-state index is 7.66. The molecule has 186 valence electrons. The van der Waals surface area contributed by atoms with Crippen LogP contribution in [0.25, 0.3) is 22.1 Å². The Labute approximate surface area is 213 Å². The summed E-state index contributed by atoms with van der Waals surface area (Å²) in [6, 6.07) is 11.7. The van der Waals surface area contributed by atoms with Crippen molar-refractivity contribution in [3.05, 3.63) is 72.7 Å². The molecule has 3 N–H and O–H groups in total. The summed E-state index contributed by atoms with van der Waals surface area (Å²) in [4.78, 5) is 23.9. The lowest BCUT2D eigenvalue weighted by Crippen LogP contribution is -2.21. The van der Waals surface area contributed by atoms with Gasteiger partial charge >= 0.3 is 0 Å². The number of nitrogens with one attached hydrogen (secondary N) is 3. The van der Waals surface area contributed by atoms with Crippen LogP contribution in [0.2, 0.25) is 0 Å². The van der Waals surface area contributed by atoms with Crippen molar-refractivity contribution in [3.63, 3.8) is 0 Å². The van der Waals surface area contributed by atoms with Gasteiger partial charge in [0.2, 0.25) is 5.95 Å². The van der Waals surface area contributed by atoms with Gasteiger partial charge in [0.1, 0.15) is 28.9 Å². The molecule has 0 aliphatic carbocycles. The molecule has 5 rings (SSSR count). The summed E-state index contributed by atoms with van der Waals surface area (Å²) >= 11 is 0. The van der Waals surface area contributed by atoms with E-state index < -0.39 is 0 Å². The SMILES string of the molecule is CN/C=C(\C=N)N(C)c1ncc2ncnc(Nc3ccc(Oc4ccc5c(c4)ncn5C)c(C)c3)c2n1. The highest BCUT2D eigenvalue weighted by molar-refractivity contribution is 5.88. The highest BCUT2D eigenvalue weighted by atomic mass is 16.5. The van der Waals surface area contributed by atoms with Gasteiger partial charge in [0.25, 0.3) is 0 Å². The maximum atomic E-state index is 7.66. The molecule has 0 amide bonds. The Kier molecular flexibility index (Phi) is 6.33. The molecule has 0 fully saturated rings. The standard InChI is InChI=1S/C26H26N10O/c1-16-9-17(5-8-23(16)37-19-6-7-22-20(10-19)32-15-35(22)3)33-25-24-21(30-14-31-25)13-29-26(34-24)36(4)18(11-27)12-28-2/h5-15,27-28H,1-4H3,(H,30,31,33)/b18-12+,27-11?. The summed E-state index contributed by atoms with van der Waals surface area (Å²) in [5, 5.41) is 13.9. The molecule has 11 nitrogen and oxygen atoms in total. The van der Waals surface area contributed by atoms with E-state index in [9.17, 15) is 0 Å². The van der Waals surface area contributed by atoms with E-state index in [1.54, 1.807) is 37.7 Å². The zero-order valence-corrected chi connectivity index (χ0v) is 20.9. The number of rotatable bonds is 8. The third kappa shape index (κ3) is 4.74. The molecule has 37 heavy (non-hydrogen) atoms. The molecule has 0 aliphatic heterocycles. The molecule has 11 heteroatoms. The minimum absolute atomic E-state index is 0.417. The molecule has 3 aromatic heterocycles. The number of ether oxygens (including phenoxy) is 1. The maximum Gasteiger partial charge on any atom is 0.230 e. The van der Waals surface area contributed by atoms with Crippen molar-refractivity contribution < 1.29 is 4.74 Å². The lowest BCUT2D eigenvalue weighted by Gasteiger charge is -2.18.